The molecule has 37 heavy (non-hydrogen) atoms. The van der Waals surface area contributed by atoms with Crippen LogP contribution in [-0.2, 0) is 22.4 Å². The third kappa shape index (κ3) is 5.47. The van der Waals surface area contributed by atoms with E-state index in [2.05, 4.69) is 5.32 Å². The molecule has 1 aliphatic rings. The number of aromatic nitrogens is 1. The number of fused-ring (bicyclic) bond motifs is 1. The third-order valence-corrected chi connectivity index (χ3v) is 7.67. The quantitative estimate of drug-likeness (QED) is 0.220. The van der Waals surface area contributed by atoms with Crippen LogP contribution in [0.5, 0.6) is 5.75 Å². The number of hydrogen-bond donors (Lipinski definition) is 1. The van der Waals surface area contributed by atoms with Gasteiger partial charge in [0.15, 0.2) is 0 Å². The largest absolute Gasteiger partial charge is 0.494 e. The molecule has 7 nitrogen and oxygen atoms in total. The normalized spacial score (nSPS) is 13.0. The number of nitriles is 1. The minimum Gasteiger partial charge on any atom is -0.494 e. The molecule has 0 unspecified atom stereocenters. The van der Waals surface area contributed by atoms with Crippen LogP contribution in [0, 0.1) is 25.2 Å². The molecule has 0 saturated heterocycles. The van der Waals surface area contributed by atoms with Crippen LogP contribution in [-0.4, -0.2) is 29.7 Å². The molecule has 0 radical (unpaired) electrons. The molecule has 1 N–H and O–H groups in total. The first-order chi connectivity index (χ1) is 17.9. The van der Waals surface area contributed by atoms with Gasteiger partial charge >= 0.3 is 5.97 Å². The SMILES string of the molecule is CCOC(=O)c1c(-n2c(C)cc(/C=C(\C#N)C(=O)Nc3ccc(OCC)cc3)c2C)sc2c1CCCC2. The molecular formula is C29H31N3O4S. The summed E-state index contributed by atoms with van der Waals surface area (Å²) in [7, 11) is 0. The highest BCUT2D eigenvalue weighted by Crippen LogP contribution is 2.39. The molecule has 2 heterocycles. The average molecular weight is 518 g/mol. The Hall–Kier alpha value is -3.83. The Labute approximate surface area is 221 Å². The number of anilines is 1. The standard InChI is InChI=1S/C29H31N3O4S/c1-5-35-23-13-11-22(12-14-23)31-27(33)21(17-30)16-20-15-18(3)32(19(20)4)28-26(29(34)36-6-2)24-9-7-8-10-25(24)37-28/h11-16H,5-10H2,1-4H3,(H,31,33)/b21-16+. The summed E-state index contributed by atoms with van der Waals surface area (Å²) in [5.74, 6) is -0.0781. The van der Waals surface area contributed by atoms with Crippen LogP contribution in [0.15, 0.2) is 35.9 Å². The molecule has 192 valence electrons. The third-order valence-electron chi connectivity index (χ3n) is 6.39. The Kier molecular flexibility index (Phi) is 8.14. The van der Waals surface area contributed by atoms with E-state index in [4.69, 9.17) is 9.47 Å². The van der Waals surface area contributed by atoms with Gasteiger partial charge in [0.2, 0.25) is 0 Å². The van der Waals surface area contributed by atoms with Crippen molar-refractivity contribution < 1.29 is 19.1 Å². The lowest BCUT2D eigenvalue weighted by atomic mass is 9.95. The van der Waals surface area contributed by atoms with E-state index < -0.39 is 5.91 Å². The molecule has 1 aliphatic carbocycles. The Balaban J connectivity index is 1.67. The van der Waals surface area contributed by atoms with Crippen LogP contribution >= 0.6 is 11.3 Å². The maximum atomic E-state index is 13.0. The Morgan fingerprint density at radius 3 is 2.54 bits per heavy atom. The molecule has 4 rings (SSSR count). The van der Waals surface area contributed by atoms with Crippen LogP contribution < -0.4 is 10.1 Å². The summed E-state index contributed by atoms with van der Waals surface area (Å²) in [4.78, 5) is 27.1. The van der Waals surface area contributed by atoms with Crippen LogP contribution in [0.1, 0.15) is 64.4 Å². The second-order valence-electron chi connectivity index (χ2n) is 8.85. The monoisotopic (exact) mass is 517 g/mol. The van der Waals surface area contributed by atoms with Crippen molar-refractivity contribution in [3.8, 4) is 16.8 Å². The average Bonchev–Trinajstić information content (AvgIpc) is 3.39. The van der Waals surface area contributed by atoms with Crippen molar-refractivity contribution in [3.05, 3.63) is 68.9 Å². The van der Waals surface area contributed by atoms with Crippen molar-refractivity contribution in [2.24, 2.45) is 0 Å². The maximum Gasteiger partial charge on any atom is 0.341 e. The smallest absolute Gasteiger partial charge is 0.341 e. The van der Waals surface area contributed by atoms with Crippen LogP contribution in [0.25, 0.3) is 11.1 Å². The molecule has 1 amide bonds. The van der Waals surface area contributed by atoms with Gasteiger partial charge in [-0.05, 0) is 101 Å². The number of aryl methyl sites for hydroxylation is 2. The molecular weight excluding hydrogens is 486 g/mol. The lowest BCUT2D eigenvalue weighted by molar-refractivity contribution is -0.112. The first-order valence-corrected chi connectivity index (χ1v) is 13.4. The molecule has 0 bridgehead atoms. The van der Waals surface area contributed by atoms with Crippen LogP contribution in [0.2, 0.25) is 0 Å². The number of benzene rings is 1. The molecule has 1 aromatic carbocycles. The van der Waals surface area contributed by atoms with Crippen LogP contribution in [0.3, 0.4) is 0 Å². The number of nitrogens with one attached hydrogen (secondary N) is 1. The summed E-state index contributed by atoms with van der Waals surface area (Å²) in [5.41, 5.74) is 4.82. The number of thiophene rings is 1. The molecule has 3 aromatic rings. The van der Waals surface area contributed by atoms with Crippen molar-refractivity contribution in [3.63, 3.8) is 0 Å². The fourth-order valence-electron chi connectivity index (χ4n) is 4.67. The van der Waals surface area contributed by atoms with Gasteiger partial charge in [-0.3, -0.25) is 4.79 Å². The van der Waals surface area contributed by atoms with Gasteiger partial charge in [-0.1, -0.05) is 0 Å². The van der Waals surface area contributed by atoms with E-state index in [0.29, 0.717) is 30.2 Å². The molecule has 0 aliphatic heterocycles. The lowest BCUT2D eigenvalue weighted by Gasteiger charge is -2.13. The van der Waals surface area contributed by atoms with Gasteiger partial charge < -0.3 is 19.4 Å². The number of hydrogen-bond acceptors (Lipinski definition) is 6. The van der Waals surface area contributed by atoms with Gasteiger partial charge in [0, 0.05) is 22.0 Å². The predicted molar refractivity (Wildman–Crippen MR) is 146 cm³/mol. The summed E-state index contributed by atoms with van der Waals surface area (Å²) < 4.78 is 12.9. The predicted octanol–water partition coefficient (Wildman–Crippen LogP) is 6.16. The molecule has 0 saturated carbocycles. The van der Waals surface area contributed by atoms with Crippen molar-refractivity contribution in [1.29, 1.82) is 5.26 Å². The number of amides is 1. The van der Waals surface area contributed by atoms with E-state index in [-0.39, 0.29) is 11.5 Å². The van der Waals surface area contributed by atoms with E-state index in [1.165, 1.54) is 4.88 Å². The molecule has 0 fully saturated rings. The van der Waals surface area contributed by atoms with E-state index >= 15 is 0 Å². The van der Waals surface area contributed by atoms with Gasteiger partial charge in [-0.15, -0.1) is 11.3 Å². The molecule has 8 heteroatoms. The van der Waals surface area contributed by atoms with E-state index in [0.717, 1.165) is 53.2 Å². The second-order valence-corrected chi connectivity index (χ2v) is 9.94. The number of carbonyl (C=O) groups excluding carboxylic acids is 2. The number of rotatable bonds is 8. The van der Waals surface area contributed by atoms with Gasteiger partial charge in [-0.2, -0.15) is 5.26 Å². The van der Waals surface area contributed by atoms with Gasteiger partial charge in [0.25, 0.3) is 5.91 Å². The minimum atomic E-state index is -0.490. The summed E-state index contributed by atoms with van der Waals surface area (Å²) in [5, 5.41) is 13.4. The van der Waals surface area contributed by atoms with Gasteiger partial charge in [-0.25, -0.2) is 4.79 Å². The number of nitrogens with zero attached hydrogens (tertiary/aromatic N) is 2. The molecule has 0 spiro atoms. The van der Waals surface area contributed by atoms with Gasteiger partial charge in [0.05, 0.1) is 18.8 Å². The maximum absolute atomic E-state index is 13.0. The molecule has 2 aromatic heterocycles. The summed E-state index contributed by atoms with van der Waals surface area (Å²) in [6.45, 7) is 8.49. The lowest BCUT2D eigenvalue weighted by Crippen LogP contribution is -2.13. The highest BCUT2D eigenvalue weighted by atomic mass is 32.1. The zero-order valence-corrected chi connectivity index (χ0v) is 22.5. The minimum absolute atomic E-state index is 0.00905. The Morgan fingerprint density at radius 1 is 1.14 bits per heavy atom. The van der Waals surface area contributed by atoms with Crippen LogP contribution in [0.4, 0.5) is 5.69 Å². The first-order valence-electron chi connectivity index (χ1n) is 12.5. The van der Waals surface area contributed by atoms with E-state index in [1.807, 2.05) is 44.4 Å². The van der Waals surface area contributed by atoms with Gasteiger partial charge in [0.1, 0.15) is 22.4 Å². The van der Waals surface area contributed by atoms with Crippen molar-refractivity contribution in [2.75, 3.05) is 18.5 Å². The number of ether oxygens (including phenoxy) is 2. The fraction of sp³-hybridized carbons (Fsp3) is 0.345. The number of carbonyl (C=O) groups is 2. The zero-order chi connectivity index (χ0) is 26.5. The topological polar surface area (TPSA) is 93.4 Å². The van der Waals surface area contributed by atoms with E-state index in [9.17, 15) is 14.9 Å². The first kappa shape index (κ1) is 26.2. The van der Waals surface area contributed by atoms with E-state index in [1.54, 1.807) is 41.7 Å². The number of esters is 1. The van der Waals surface area contributed by atoms with Crippen molar-refractivity contribution >= 4 is 35.0 Å². The molecule has 0 atom stereocenters. The highest BCUT2D eigenvalue weighted by Gasteiger charge is 2.28. The Morgan fingerprint density at radius 2 is 1.86 bits per heavy atom. The summed E-state index contributed by atoms with van der Waals surface area (Å²) >= 11 is 1.64. The summed E-state index contributed by atoms with van der Waals surface area (Å²) in [6.07, 6.45) is 5.60. The zero-order valence-electron chi connectivity index (χ0n) is 21.6. The second kappa shape index (κ2) is 11.5. The summed E-state index contributed by atoms with van der Waals surface area (Å²) in [6, 6.07) is 11.0. The highest BCUT2D eigenvalue weighted by molar-refractivity contribution is 7.15. The Bertz CT molecular complexity index is 1390. The van der Waals surface area contributed by atoms with Crippen molar-refractivity contribution in [1.82, 2.24) is 4.57 Å². The van der Waals surface area contributed by atoms with Crippen molar-refractivity contribution in [2.45, 2.75) is 53.4 Å². The fourth-order valence-corrected chi connectivity index (χ4v) is 6.16.